The minimum atomic E-state index is -1.01. The van der Waals surface area contributed by atoms with Crippen LogP contribution < -0.4 is 5.32 Å². The first-order chi connectivity index (χ1) is 18.3. The van der Waals surface area contributed by atoms with Crippen LogP contribution in [0.2, 0.25) is 0 Å². The number of hydrogen-bond donors (Lipinski definition) is 2. The molecule has 2 N–H and O–H groups in total. The summed E-state index contributed by atoms with van der Waals surface area (Å²) in [5, 5.41) is 23.3. The van der Waals surface area contributed by atoms with Crippen molar-refractivity contribution in [3.8, 4) is 11.1 Å². The Hall–Kier alpha value is -3.85. The van der Waals surface area contributed by atoms with Crippen molar-refractivity contribution < 1.29 is 24.4 Å². The molecule has 0 heterocycles. The summed E-state index contributed by atoms with van der Waals surface area (Å²) >= 11 is 1.28. The zero-order chi connectivity index (χ0) is 27.2. The minimum absolute atomic E-state index is 0.0142. The van der Waals surface area contributed by atoms with Gasteiger partial charge in [0.25, 0.3) is 5.69 Å². The molecule has 0 saturated carbocycles. The Morgan fingerprint density at radius 3 is 2.16 bits per heavy atom. The molecule has 1 aliphatic carbocycles. The summed E-state index contributed by atoms with van der Waals surface area (Å²) in [6.45, 7) is 3.95. The number of rotatable bonds is 11. The zero-order valence-corrected chi connectivity index (χ0v) is 22.0. The summed E-state index contributed by atoms with van der Waals surface area (Å²) in [5.74, 6) is -0.957. The van der Waals surface area contributed by atoms with E-state index >= 15 is 0 Å². The number of aliphatic carboxylic acids is 1. The number of nitrogens with zero attached hydrogens (tertiary/aromatic N) is 1. The molecule has 38 heavy (non-hydrogen) atoms. The van der Waals surface area contributed by atoms with E-state index in [9.17, 15) is 24.8 Å². The van der Waals surface area contributed by atoms with Crippen molar-refractivity contribution in [3.63, 3.8) is 0 Å². The Morgan fingerprint density at radius 2 is 1.58 bits per heavy atom. The van der Waals surface area contributed by atoms with Crippen molar-refractivity contribution in [2.45, 2.75) is 43.2 Å². The van der Waals surface area contributed by atoms with E-state index in [1.807, 2.05) is 50.2 Å². The van der Waals surface area contributed by atoms with Crippen molar-refractivity contribution >= 4 is 29.5 Å². The van der Waals surface area contributed by atoms with Crippen molar-refractivity contribution in [1.29, 1.82) is 0 Å². The summed E-state index contributed by atoms with van der Waals surface area (Å²) < 4.78 is 5.69. The van der Waals surface area contributed by atoms with Crippen LogP contribution in [0.15, 0.2) is 72.8 Å². The smallest absolute Gasteiger partial charge is 0.407 e. The molecule has 0 unspecified atom stereocenters. The molecule has 1 aliphatic rings. The first-order valence-electron chi connectivity index (χ1n) is 12.4. The maximum absolute atomic E-state index is 13.0. The second kappa shape index (κ2) is 12.1. The van der Waals surface area contributed by atoms with Gasteiger partial charge in [0.05, 0.1) is 11.3 Å². The molecule has 3 aromatic carbocycles. The van der Waals surface area contributed by atoms with E-state index in [2.05, 4.69) is 17.4 Å². The molecule has 9 heteroatoms. The Bertz CT molecular complexity index is 1280. The number of nitrogens with one attached hydrogen (secondary N) is 1. The van der Waals surface area contributed by atoms with Crippen LogP contribution in [0.5, 0.6) is 0 Å². The standard InChI is InChI=1S/C29H30N2O6S/c1-18(2)28(26(15-27(32)33)38-17-19-9-3-8-14-25(19)31(35)36)30-29(34)37-16-24-22-12-6-4-10-20(22)21-11-5-7-13-23(21)24/h3-14,18,24,26,28H,15-17H2,1-2H3,(H,30,34)(H,32,33)/t26-,28-/m0/s1. The molecular weight excluding hydrogens is 504 g/mol. The van der Waals surface area contributed by atoms with Crippen molar-refractivity contribution in [1.82, 2.24) is 5.32 Å². The van der Waals surface area contributed by atoms with Crippen LogP contribution in [-0.4, -0.2) is 40.0 Å². The number of thioether (sulfide) groups is 1. The van der Waals surface area contributed by atoms with E-state index in [0.29, 0.717) is 5.56 Å². The van der Waals surface area contributed by atoms with Gasteiger partial charge in [0, 0.05) is 34.6 Å². The molecular formula is C29H30N2O6S. The van der Waals surface area contributed by atoms with Crippen LogP contribution in [-0.2, 0) is 15.3 Å². The van der Waals surface area contributed by atoms with Gasteiger partial charge in [-0.25, -0.2) is 4.79 Å². The highest BCUT2D eigenvalue weighted by molar-refractivity contribution is 7.99. The average molecular weight is 535 g/mol. The number of alkyl carbamates (subject to hydrolysis) is 1. The van der Waals surface area contributed by atoms with Gasteiger partial charge in [-0.3, -0.25) is 14.9 Å². The molecule has 0 aromatic heterocycles. The lowest BCUT2D eigenvalue weighted by atomic mass is 9.98. The molecule has 0 aliphatic heterocycles. The summed E-state index contributed by atoms with van der Waals surface area (Å²) in [5.41, 5.74) is 4.95. The summed E-state index contributed by atoms with van der Waals surface area (Å²) in [4.78, 5) is 35.6. The number of amides is 1. The largest absolute Gasteiger partial charge is 0.481 e. The Labute approximate surface area is 225 Å². The van der Waals surface area contributed by atoms with E-state index in [1.54, 1.807) is 18.2 Å². The Kier molecular flexibility index (Phi) is 8.68. The molecule has 0 saturated heterocycles. The van der Waals surface area contributed by atoms with E-state index in [-0.39, 0.29) is 36.3 Å². The van der Waals surface area contributed by atoms with Gasteiger partial charge in [-0.15, -0.1) is 0 Å². The first-order valence-corrected chi connectivity index (χ1v) is 13.5. The number of nitro benzene ring substituents is 1. The highest BCUT2D eigenvalue weighted by atomic mass is 32.2. The quantitative estimate of drug-likeness (QED) is 0.221. The van der Waals surface area contributed by atoms with Gasteiger partial charge >= 0.3 is 12.1 Å². The first kappa shape index (κ1) is 27.2. The number of para-hydroxylation sites is 1. The fourth-order valence-corrected chi connectivity index (χ4v) is 6.42. The normalized spacial score (nSPS) is 13.9. The van der Waals surface area contributed by atoms with Gasteiger partial charge in [-0.2, -0.15) is 11.8 Å². The summed E-state index contributed by atoms with van der Waals surface area (Å²) in [6, 6.07) is 22.0. The number of carboxylic acids is 1. The van der Waals surface area contributed by atoms with Crippen LogP contribution in [0.3, 0.4) is 0 Å². The molecule has 1 amide bonds. The third-order valence-corrected chi connectivity index (χ3v) is 8.13. The SMILES string of the molecule is CC(C)[C@H](NC(=O)OCC1c2ccccc2-c2ccccc21)[C@H](CC(=O)O)SCc1ccccc1[N+](=O)[O-]. The van der Waals surface area contributed by atoms with Gasteiger partial charge in [0.2, 0.25) is 0 Å². The van der Waals surface area contributed by atoms with Gasteiger partial charge < -0.3 is 15.2 Å². The Balaban J connectivity index is 1.45. The van der Waals surface area contributed by atoms with Crippen molar-refractivity contribution in [2.24, 2.45) is 5.92 Å². The zero-order valence-electron chi connectivity index (χ0n) is 21.2. The second-order valence-corrected chi connectivity index (χ2v) is 10.8. The maximum Gasteiger partial charge on any atom is 0.407 e. The van der Waals surface area contributed by atoms with Crippen LogP contribution in [0.4, 0.5) is 10.5 Å². The average Bonchev–Trinajstić information content (AvgIpc) is 3.22. The monoisotopic (exact) mass is 534 g/mol. The minimum Gasteiger partial charge on any atom is -0.481 e. The molecule has 0 spiro atoms. The van der Waals surface area contributed by atoms with E-state index in [1.165, 1.54) is 17.8 Å². The van der Waals surface area contributed by atoms with Crippen LogP contribution >= 0.6 is 11.8 Å². The number of carbonyl (C=O) groups excluding carboxylic acids is 1. The predicted octanol–water partition coefficient (Wildman–Crippen LogP) is 6.23. The lowest BCUT2D eigenvalue weighted by Crippen LogP contribution is -2.46. The van der Waals surface area contributed by atoms with Crippen molar-refractivity contribution in [3.05, 3.63) is 99.6 Å². The molecule has 4 rings (SSSR count). The van der Waals surface area contributed by atoms with Crippen LogP contribution in [0, 0.1) is 16.0 Å². The van der Waals surface area contributed by atoms with Crippen molar-refractivity contribution in [2.75, 3.05) is 6.61 Å². The number of hydrogen-bond acceptors (Lipinski definition) is 6. The molecule has 0 bridgehead atoms. The predicted molar refractivity (Wildman–Crippen MR) is 147 cm³/mol. The molecule has 0 radical (unpaired) electrons. The molecule has 8 nitrogen and oxygen atoms in total. The number of fused-ring (bicyclic) bond motifs is 3. The number of nitro groups is 1. The lowest BCUT2D eigenvalue weighted by molar-refractivity contribution is -0.385. The number of carboxylic acid groups (broad SMARTS) is 1. The third-order valence-electron chi connectivity index (χ3n) is 6.76. The van der Waals surface area contributed by atoms with Gasteiger partial charge in [0.1, 0.15) is 6.61 Å². The maximum atomic E-state index is 13.0. The highest BCUT2D eigenvalue weighted by Gasteiger charge is 2.32. The number of carbonyl (C=O) groups is 2. The van der Waals surface area contributed by atoms with Crippen LogP contribution in [0.1, 0.15) is 42.9 Å². The molecule has 2 atom stereocenters. The summed E-state index contributed by atoms with van der Waals surface area (Å²) in [6.07, 6.45) is -0.829. The van der Waals surface area contributed by atoms with E-state index < -0.39 is 28.3 Å². The Morgan fingerprint density at radius 1 is 1.00 bits per heavy atom. The van der Waals surface area contributed by atoms with Crippen LogP contribution in [0.25, 0.3) is 11.1 Å². The molecule has 198 valence electrons. The van der Waals surface area contributed by atoms with E-state index in [4.69, 9.17) is 4.74 Å². The van der Waals surface area contributed by atoms with Gasteiger partial charge in [-0.1, -0.05) is 80.6 Å². The molecule has 3 aromatic rings. The topological polar surface area (TPSA) is 119 Å². The number of benzene rings is 3. The van der Waals surface area contributed by atoms with E-state index in [0.717, 1.165) is 22.3 Å². The number of ether oxygens (including phenoxy) is 1. The van der Waals surface area contributed by atoms with Gasteiger partial charge in [-0.05, 0) is 28.2 Å². The third kappa shape index (κ3) is 6.16. The lowest BCUT2D eigenvalue weighted by Gasteiger charge is -2.30. The highest BCUT2D eigenvalue weighted by Crippen LogP contribution is 2.44. The molecule has 0 fully saturated rings. The second-order valence-electron chi connectivity index (χ2n) is 9.57. The van der Waals surface area contributed by atoms with Gasteiger partial charge in [0.15, 0.2) is 0 Å². The summed E-state index contributed by atoms with van der Waals surface area (Å²) in [7, 11) is 0. The fraction of sp³-hybridized carbons (Fsp3) is 0.310. The fourth-order valence-electron chi connectivity index (χ4n) is 4.93.